The maximum absolute atomic E-state index is 9.65. The van der Waals surface area contributed by atoms with Gasteiger partial charge in [-0.1, -0.05) is 0 Å². The van der Waals surface area contributed by atoms with E-state index in [1.807, 2.05) is 0 Å². The third-order valence-electron chi connectivity index (χ3n) is 3.59. The molecule has 3 rings (SSSR count). The van der Waals surface area contributed by atoms with E-state index in [2.05, 4.69) is 0 Å². The zero-order valence-electron chi connectivity index (χ0n) is 11.5. The molecule has 0 amide bonds. The van der Waals surface area contributed by atoms with Crippen LogP contribution in [0.4, 0.5) is 0 Å². The minimum atomic E-state index is -1.82. The van der Waals surface area contributed by atoms with Crippen molar-refractivity contribution in [1.29, 1.82) is 0 Å². The molecule has 0 aromatic heterocycles. The Balaban J connectivity index is 1.92. The normalized spacial score (nSPS) is 47.2. The monoisotopic (exact) mass is 276 g/mol. The molecule has 0 radical (unpaired) electrons. The average Bonchev–Trinajstić information content (AvgIpc) is 2.67. The van der Waals surface area contributed by atoms with Gasteiger partial charge in [-0.05, 0) is 27.7 Å². The zero-order chi connectivity index (χ0) is 14.1. The maximum Gasteiger partial charge on any atom is 0.253 e. The number of ether oxygens (including phenoxy) is 5. The Hall–Kier alpha value is -0.280. The first-order valence-electron chi connectivity index (χ1n) is 6.39. The Kier molecular flexibility index (Phi) is 2.80. The molecule has 1 unspecified atom stereocenters. The highest BCUT2D eigenvalue weighted by Gasteiger charge is 2.70. The molecule has 3 aliphatic rings. The SMILES string of the molecule is CC1(C)OC[C@@H]2OC3(C(O)O)OC(C)(C)O[C@H]3[C@@H]2O1. The molecule has 0 saturated carbocycles. The van der Waals surface area contributed by atoms with Crippen LogP contribution in [0.2, 0.25) is 0 Å². The Morgan fingerprint density at radius 2 is 1.68 bits per heavy atom. The van der Waals surface area contributed by atoms with Crippen LogP contribution in [0.15, 0.2) is 0 Å². The summed E-state index contributed by atoms with van der Waals surface area (Å²) < 4.78 is 28.3. The molecular formula is C12H20O7. The van der Waals surface area contributed by atoms with Crippen molar-refractivity contribution in [2.75, 3.05) is 6.61 Å². The van der Waals surface area contributed by atoms with Crippen molar-refractivity contribution in [3.63, 3.8) is 0 Å². The number of aliphatic hydroxyl groups excluding tert-OH is 1. The van der Waals surface area contributed by atoms with Gasteiger partial charge in [0.1, 0.15) is 18.3 Å². The van der Waals surface area contributed by atoms with Gasteiger partial charge in [-0.15, -0.1) is 0 Å². The van der Waals surface area contributed by atoms with Gasteiger partial charge in [0, 0.05) is 0 Å². The molecule has 0 spiro atoms. The summed E-state index contributed by atoms with van der Waals surface area (Å²) in [6.07, 6.45) is -3.45. The summed E-state index contributed by atoms with van der Waals surface area (Å²) in [4.78, 5) is 0. The summed E-state index contributed by atoms with van der Waals surface area (Å²) in [7, 11) is 0. The first-order valence-corrected chi connectivity index (χ1v) is 6.39. The van der Waals surface area contributed by atoms with Gasteiger partial charge >= 0.3 is 0 Å². The van der Waals surface area contributed by atoms with Crippen molar-refractivity contribution in [2.24, 2.45) is 0 Å². The Morgan fingerprint density at radius 1 is 1.00 bits per heavy atom. The molecule has 3 heterocycles. The minimum absolute atomic E-state index is 0.287. The van der Waals surface area contributed by atoms with Gasteiger partial charge in [-0.25, -0.2) is 0 Å². The van der Waals surface area contributed by atoms with Gasteiger partial charge in [-0.3, -0.25) is 0 Å². The van der Waals surface area contributed by atoms with E-state index < -0.39 is 42.0 Å². The van der Waals surface area contributed by atoms with E-state index in [0.717, 1.165) is 0 Å². The fourth-order valence-electron chi connectivity index (χ4n) is 2.91. The van der Waals surface area contributed by atoms with Crippen LogP contribution < -0.4 is 0 Å². The third-order valence-corrected chi connectivity index (χ3v) is 3.59. The molecule has 3 aliphatic heterocycles. The predicted molar refractivity (Wildman–Crippen MR) is 60.8 cm³/mol. The highest BCUT2D eigenvalue weighted by Crippen LogP contribution is 2.49. The van der Waals surface area contributed by atoms with E-state index in [1.165, 1.54) is 0 Å². The highest BCUT2D eigenvalue weighted by molar-refractivity contribution is 5.06. The summed E-state index contributed by atoms with van der Waals surface area (Å²) in [5.41, 5.74) is 0. The second-order valence-corrected chi connectivity index (χ2v) is 6.09. The fraction of sp³-hybridized carbons (Fsp3) is 1.00. The number of fused-ring (bicyclic) bond motifs is 3. The molecule has 3 fully saturated rings. The number of rotatable bonds is 1. The van der Waals surface area contributed by atoms with E-state index >= 15 is 0 Å². The van der Waals surface area contributed by atoms with E-state index in [-0.39, 0.29) is 6.61 Å². The fourth-order valence-corrected chi connectivity index (χ4v) is 2.91. The van der Waals surface area contributed by atoms with Crippen LogP contribution in [0.1, 0.15) is 27.7 Å². The van der Waals surface area contributed by atoms with Crippen molar-refractivity contribution < 1.29 is 33.9 Å². The lowest BCUT2D eigenvalue weighted by Crippen LogP contribution is -2.53. The molecule has 3 saturated heterocycles. The molecule has 2 N–H and O–H groups in total. The quantitative estimate of drug-likeness (QED) is 0.635. The minimum Gasteiger partial charge on any atom is -0.364 e. The lowest BCUT2D eigenvalue weighted by molar-refractivity contribution is -0.353. The highest BCUT2D eigenvalue weighted by atomic mass is 16.9. The number of aliphatic hydroxyl groups is 2. The first-order chi connectivity index (χ1) is 8.65. The molecule has 7 heteroatoms. The van der Waals surface area contributed by atoms with E-state index in [9.17, 15) is 10.2 Å². The van der Waals surface area contributed by atoms with Gasteiger partial charge in [-0.2, -0.15) is 0 Å². The summed E-state index contributed by atoms with van der Waals surface area (Å²) in [6.45, 7) is 7.26. The standard InChI is InChI=1S/C12H20O7/c1-10(2)15-5-6-7(17-10)8-12(16-6,9(13)14)19-11(3,4)18-8/h6-9,13-14H,5H2,1-4H3/t6-,7+,8-,12?/m0/s1. The van der Waals surface area contributed by atoms with Gasteiger partial charge in [0.25, 0.3) is 5.79 Å². The maximum atomic E-state index is 9.65. The van der Waals surface area contributed by atoms with E-state index in [4.69, 9.17) is 23.7 Å². The third kappa shape index (κ3) is 2.01. The van der Waals surface area contributed by atoms with Crippen molar-refractivity contribution in [3.05, 3.63) is 0 Å². The van der Waals surface area contributed by atoms with Crippen molar-refractivity contribution in [1.82, 2.24) is 0 Å². The Labute approximate surface area is 111 Å². The number of hydrogen-bond acceptors (Lipinski definition) is 7. The topological polar surface area (TPSA) is 86.6 Å². The summed E-state index contributed by atoms with van der Waals surface area (Å²) in [5.74, 6) is -3.36. The van der Waals surface area contributed by atoms with Crippen LogP contribution in [0.3, 0.4) is 0 Å². The molecule has 0 aromatic rings. The van der Waals surface area contributed by atoms with E-state index in [1.54, 1.807) is 27.7 Å². The van der Waals surface area contributed by atoms with Crippen LogP contribution in [0.5, 0.6) is 0 Å². The number of hydrogen-bond donors (Lipinski definition) is 2. The molecule has 0 aromatic carbocycles. The lowest BCUT2D eigenvalue weighted by Gasteiger charge is -2.38. The zero-order valence-corrected chi connectivity index (χ0v) is 11.5. The summed E-state index contributed by atoms with van der Waals surface area (Å²) >= 11 is 0. The average molecular weight is 276 g/mol. The first kappa shape index (κ1) is 13.7. The molecular weight excluding hydrogens is 256 g/mol. The van der Waals surface area contributed by atoms with Gasteiger partial charge in [0.05, 0.1) is 6.61 Å². The lowest BCUT2D eigenvalue weighted by atomic mass is 10.0. The Bertz CT molecular complexity index is 380. The molecule has 0 bridgehead atoms. The van der Waals surface area contributed by atoms with Crippen LogP contribution in [-0.4, -0.2) is 58.8 Å². The summed E-state index contributed by atoms with van der Waals surface area (Å²) in [5, 5.41) is 19.3. The van der Waals surface area contributed by atoms with Crippen LogP contribution >= 0.6 is 0 Å². The predicted octanol–water partition coefficient (Wildman–Crippen LogP) is -0.305. The molecule has 7 nitrogen and oxygen atoms in total. The summed E-state index contributed by atoms with van der Waals surface area (Å²) in [6, 6.07) is 0. The Morgan fingerprint density at radius 3 is 2.32 bits per heavy atom. The van der Waals surface area contributed by atoms with Crippen molar-refractivity contribution in [2.45, 2.75) is 69.7 Å². The van der Waals surface area contributed by atoms with Crippen molar-refractivity contribution in [3.8, 4) is 0 Å². The van der Waals surface area contributed by atoms with Gasteiger partial charge in [0.15, 0.2) is 11.6 Å². The second kappa shape index (κ2) is 3.88. The molecule has 0 aliphatic carbocycles. The van der Waals surface area contributed by atoms with Gasteiger partial charge in [0.2, 0.25) is 6.29 Å². The second-order valence-electron chi connectivity index (χ2n) is 6.09. The largest absolute Gasteiger partial charge is 0.364 e. The molecule has 19 heavy (non-hydrogen) atoms. The van der Waals surface area contributed by atoms with Crippen LogP contribution in [0, 0.1) is 0 Å². The van der Waals surface area contributed by atoms with E-state index in [0.29, 0.717) is 0 Å². The molecule has 4 atom stereocenters. The van der Waals surface area contributed by atoms with Crippen LogP contribution in [-0.2, 0) is 23.7 Å². The van der Waals surface area contributed by atoms with Crippen LogP contribution in [0.25, 0.3) is 0 Å². The van der Waals surface area contributed by atoms with Gasteiger partial charge < -0.3 is 33.9 Å². The smallest absolute Gasteiger partial charge is 0.253 e. The molecule has 110 valence electrons. The van der Waals surface area contributed by atoms with Crippen molar-refractivity contribution >= 4 is 0 Å².